The number of allylic oxidation sites excluding steroid dienone is 1. The first-order valence-electron chi connectivity index (χ1n) is 5.86. The summed E-state index contributed by atoms with van der Waals surface area (Å²) in [5.74, 6) is 1.55. The average molecular weight is 240 g/mol. The van der Waals surface area contributed by atoms with E-state index in [-0.39, 0.29) is 0 Å². The van der Waals surface area contributed by atoms with Crippen molar-refractivity contribution in [2.45, 2.75) is 6.92 Å². The molecule has 3 nitrogen and oxygen atoms in total. The first kappa shape index (κ1) is 12.2. The second kappa shape index (κ2) is 5.87. The summed E-state index contributed by atoms with van der Waals surface area (Å²) in [6.07, 6.45) is 7.47. The van der Waals surface area contributed by atoms with E-state index in [9.17, 15) is 0 Å². The highest BCUT2D eigenvalue weighted by Gasteiger charge is 2.02. The Balaban J connectivity index is 2.27. The van der Waals surface area contributed by atoms with E-state index < -0.39 is 0 Å². The van der Waals surface area contributed by atoms with E-state index in [0.717, 1.165) is 22.7 Å². The lowest BCUT2D eigenvalue weighted by atomic mass is 10.2. The monoisotopic (exact) mass is 240 g/mol. The van der Waals surface area contributed by atoms with E-state index in [1.165, 1.54) is 0 Å². The van der Waals surface area contributed by atoms with Crippen LogP contribution in [0.25, 0.3) is 6.08 Å². The van der Waals surface area contributed by atoms with Gasteiger partial charge in [0.25, 0.3) is 0 Å². The van der Waals surface area contributed by atoms with Crippen molar-refractivity contribution in [3.63, 3.8) is 0 Å². The molecule has 0 fully saturated rings. The lowest BCUT2D eigenvalue weighted by Gasteiger charge is -2.09. The number of hydrogen-bond donors (Lipinski definition) is 1. The zero-order valence-corrected chi connectivity index (χ0v) is 10.6. The largest absolute Gasteiger partial charge is 0.455 e. The lowest BCUT2D eigenvalue weighted by Crippen LogP contribution is -1.92. The highest BCUT2D eigenvalue weighted by molar-refractivity contribution is 5.58. The molecule has 0 aliphatic heterocycles. The van der Waals surface area contributed by atoms with E-state index in [0.29, 0.717) is 0 Å². The Morgan fingerprint density at radius 1 is 1.22 bits per heavy atom. The molecule has 0 aliphatic rings. The first-order chi connectivity index (χ1) is 8.83. The Bertz CT molecular complexity index is 550. The van der Waals surface area contributed by atoms with Crippen LogP contribution in [0.4, 0.5) is 5.69 Å². The fraction of sp³-hybridized carbons (Fsp3) is 0.133. The minimum Gasteiger partial charge on any atom is -0.455 e. The molecule has 3 heteroatoms. The smallest absolute Gasteiger partial charge is 0.147 e. The van der Waals surface area contributed by atoms with E-state index in [1.807, 2.05) is 56.5 Å². The Labute approximate surface area is 107 Å². The molecule has 18 heavy (non-hydrogen) atoms. The Kier molecular flexibility index (Phi) is 3.97. The summed E-state index contributed by atoms with van der Waals surface area (Å²) < 4.78 is 5.85. The van der Waals surface area contributed by atoms with Gasteiger partial charge in [0.15, 0.2) is 0 Å². The maximum Gasteiger partial charge on any atom is 0.147 e. The molecule has 0 saturated heterocycles. The SMILES string of the molecule is C/C=C/c1ccccc1Oc1cncc(NC)c1. The van der Waals surface area contributed by atoms with Crippen LogP contribution in [0.3, 0.4) is 0 Å². The molecule has 1 heterocycles. The van der Waals surface area contributed by atoms with Gasteiger partial charge < -0.3 is 10.1 Å². The molecule has 0 aliphatic carbocycles. The van der Waals surface area contributed by atoms with Gasteiger partial charge in [-0.15, -0.1) is 0 Å². The van der Waals surface area contributed by atoms with E-state index in [4.69, 9.17) is 4.74 Å². The van der Waals surface area contributed by atoms with Gasteiger partial charge in [-0.05, 0) is 13.0 Å². The molecular weight excluding hydrogens is 224 g/mol. The van der Waals surface area contributed by atoms with Gasteiger partial charge in [-0.3, -0.25) is 4.98 Å². The van der Waals surface area contributed by atoms with Crippen molar-refractivity contribution in [2.24, 2.45) is 0 Å². The fourth-order valence-corrected chi connectivity index (χ4v) is 1.63. The molecular formula is C15H16N2O. The van der Waals surface area contributed by atoms with Gasteiger partial charge in [-0.2, -0.15) is 0 Å². The number of anilines is 1. The summed E-state index contributed by atoms with van der Waals surface area (Å²) in [5.41, 5.74) is 1.98. The molecule has 0 atom stereocenters. The molecule has 2 rings (SSSR count). The van der Waals surface area contributed by atoms with Gasteiger partial charge in [-0.1, -0.05) is 30.4 Å². The third-order valence-corrected chi connectivity index (χ3v) is 2.49. The second-order valence-electron chi connectivity index (χ2n) is 3.80. The number of rotatable bonds is 4. The molecule has 1 N–H and O–H groups in total. The third-order valence-electron chi connectivity index (χ3n) is 2.49. The van der Waals surface area contributed by atoms with Crippen LogP contribution in [-0.2, 0) is 0 Å². The Morgan fingerprint density at radius 3 is 2.83 bits per heavy atom. The maximum absolute atomic E-state index is 5.85. The van der Waals surface area contributed by atoms with Gasteiger partial charge in [0.1, 0.15) is 11.5 Å². The zero-order chi connectivity index (χ0) is 12.8. The molecule has 0 radical (unpaired) electrons. The van der Waals surface area contributed by atoms with Crippen LogP contribution in [0.5, 0.6) is 11.5 Å². The summed E-state index contributed by atoms with van der Waals surface area (Å²) in [7, 11) is 1.86. The normalized spacial score (nSPS) is 10.6. The van der Waals surface area contributed by atoms with Gasteiger partial charge in [-0.25, -0.2) is 0 Å². The van der Waals surface area contributed by atoms with Crippen molar-refractivity contribution in [1.29, 1.82) is 0 Å². The molecule has 0 unspecified atom stereocenters. The minimum atomic E-state index is 0.721. The van der Waals surface area contributed by atoms with Crippen molar-refractivity contribution < 1.29 is 4.74 Å². The van der Waals surface area contributed by atoms with Gasteiger partial charge in [0.2, 0.25) is 0 Å². The summed E-state index contributed by atoms with van der Waals surface area (Å²) in [4.78, 5) is 4.12. The number of nitrogens with zero attached hydrogens (tertiary/aromatic N) is 1. The topological polar surface area (TPSA) is 34.1 Å². The van der Waals surface area contributed by atoms with Crippen LogP contribution in [0.15, 0.2) is 48.8 Å². The van der Waals surface area contributed by atoms with Gasteiger partial charge in [0.05, 0.1) is 18.1 Å². The highest BCUT2D eigenvalue weighted by Crippen LogP contribution is 2.26. The highest BCUT2D eigenvalue weighted by atomic mass is 16.5. The number of nitrogens with one attached hydrogen (secondary N) is 1. The maximum atomic E-state index is 5.85. The predicted molar refractivity (Wildman–Crippen MR) is 75.0 cm³/mol. The minimum absolute atomic E-state index is 0.721. The summed E-state index contributed by atoms with van der Waals surface area (Å²) >= 11 is 0. The second-order valence-corrected chi connectivity index (χ2v) is 3.80. The van der Waals surface area contributed by atoms with Crippen LogP contribution in [0, 0.1) is 0 Å². The van der Waals surface area contributed by atoms with Gasteiger partial charge in [0, 0.05) is 18.7 Å². The fourth-order valence-electron chi connectivity index (χ4n) is 1.63. The number of para-hydroxylation sites is 1. The average Bonchev–Trinajstić information content (AvgIpc) is 2.41. The molecule has 92 valence electrons. The molecule has 2 aromatic rings. The van der Waals surface area contributed by atoms with Crippen molar-refractivity contribution in [3.05, 3.63) is 54.4 Å². The standard InChI is InChI=1S/C15H16N2O/c1-3-6-12-7-4-5-8-15(12)18-14-9-13(16-2)10-17-11-14/h3-11,16H,1-2H3/b6-3+. The van der Waals surface area contributed by atoms with Crippen molar-refractivity contribution >= 4 is 11.8 Å². The van der Waals surface area contributed by atoms with Crippen LogP contribution in [0.1, 0.15) is 12.5 Å². The summed E-state index contributed by atoms with van der Waals surface area (Å²) in [6.45, 7) is 1.99. The van der Waals surface area contributed by atoms with Crippen LogP contribution in [-0.4, -0.2) is 12.0 Å². The lowest BCUT2D eigenvalue weighted by molar-refractivity contribution is 0.479. The molecule has 1 aromatic carbocycles. The van der Waals surface area contributed by atoms with Crippen LogP contribution < -0.4 is 10.1 Å². The molecule has 0 amide bonds. The number of pyridine rings is 1. The first-order valence-corrected chi connectivity index (χ1v) is 5.86. The number of hydrogen-bond acceptors (Lipinski definition) is 3. The summed E-state index contributed by atoms with van der Waals surface area (Å²) in [5, 5.41) is 3.04. The van der Waals surface area contributed by atoms with E-state index in [2.05, 4.69) is 10.3 Å². The van der Waals surface area contributed by atoms with Crippen molar-refractivity contribution in [2.75, 3.05) is 12.4 Å². The molecule has 0 bridgehead atoms. The third kappa shape index (κ3) is 2.88. The van der Waals surface area contributed by atoms with Gasteiger partial charge >= 0.3 is 0 Å². The molecule has 0 spiro atoms. The van der Waals surface area contributed by atoms with Crippen LogP contribution in [0.2, 0.25) is 0 Å². The zero-order valence-electron chi connectivity index (χ0n) is 10.6. The molecule has 1 aromatic heterocycles. The number of benzene rings is 1. The molecule has 0 saturated carbocycles. The van der Waals surface area contributed by atoms with E-state index in [1.54, 1.807) is 12.4 Å². The quantitative estimate of drug-likeness (QED) is 0.878. The predicted octanol–water partition coefficient (Wildman–Crippen LogP) is 3.95. The number of ether oxygens (including phenoxy) is 1. The van der Waals surface area contributed by atoms with Crippen molar-refractivity contribution in [1.82, 2.24) is 4.98 Å². The Morgan fingerprint density at radius 2 is 2.06 bits per heavy atom. The number of aromatic nitrogens is 1. The van der Waals surface area contributed by atoms with Crippen molar-refractivity contribution in [3.8, 4) is 11.5 Å². The van der Waals surface area contributed by atoms with E-state index >= 15 is 0 Å². The van der Waals surface area contributed by atoms with Crippen LogP contribution >= 0.6 is 0 Å². The Hall–Kier alpha value is -2.29. The summed E-state index contributed by atoms with van der Waals surface area (Å²) in [6, 6.07) is 9.83.